The highest BCUT2D eigenvalue weighted by atomic mass is 35.5. The van der Waals surface area contributed by atoms with Gasteiger partial charge in [-0.3, -0.25) is 14.6 Å². The molecule has 2 N–H and O–H groups in total. The van der Waals surface area contributed by atoms with Crippen LogP contribution >= 0.6 is 11.6 Å². The smallest absolute Gasteiger partial charge is 0.303 e. The molecule has 1 aromatic rings. The van der Waals surface area contributed by atoms with Crippen LogP contribution in [0.2, 0.25) is 5.02 Å². The maximum atomic E-state index is 11.6. The Labute approximate surface area is 110 Å². The van der Waals surface area contributed by atoms with Crippen LogP contribution in [-0.2, 0) is 4.79 Å². The molecule has 1 heterocycles. The summed E-state index contributed by atoms with van der Waals surface area (Å²) in [4.78, 5) is 25.8. The highest BCUT2D eigenvalue weighted by molar-refractivity contribution is 6.30. The fourth-order valence-electron chi connectivity index (χ4n) is 1.40. The van der Waals surface area contributed by atoms with E-state index in [0.29, 0.717) is 18.0 Å². The van der Waals surface area contributed by atoms with Crippen molar-refractivity contribution in [3.05, 3.63) is 29.0 Å². The number of hydrogen-bond donors (Lipinski definition) is 2. The molecular weight excluding hydrogens is 256 g/mol. The Morgan fingerprint density at radius 3 is 2.78 bits per heavy atom. The van der Waals surface area contributed by atoms with E-state index in [1.165, 1.54) is 12.3 Å². The lowest BCUT2D eigenvalue weighted by Gasteiger charge is -2.04. The van der Waals surface area contributed by atoms with Crippen molar-refractivity contribution in [2.75, 3.05) is 6.54 Å². The van der Waals surface area contributed by atoms with Crippen molar-refractivity contribution in [3.8, 4) is 0 Å². The first kappa shape index (κ1) is 14.4. The zero-order chi connectivity index (χ0) is 13.4. The number of unbranched alkanes of at least 4 members (excludes halogenated alkanes) is 2. The van der Waals surface area contributed by atoms with E-state index in [-0.39, 0.29) is 18.0 Å². The number of rotatable bonds is 7. The number of carbonyl (C=O) groups is 2. The second-order valence-electron chi connectivity index (χ2n) is 3.82. The third-order valence-electron chi connectivity index (χ3n) is 2.31. The lowest BCUT2D eigenvalue weighted by Crippen LogP contribution is -2.25. The summed E-state index contributed by atoms with van der Waals surface area (Å²) in [5.74, 6) is -1.06. The fourth-order valence-corrected chi connectivity index (χ4v) is 1.56. The summed E-state index contributed by atoms with van der Waals surface area (Å²) < 4.78 is 0. The molecule has 0 fully saturated rings. The van der Waals surface area contributed by atoms with Gasteiger partial charge in [-0.1, -0.05) is 18.0 Å². The number of aliphatic carboxylic acids is 1. The molecule has 1 rings (SSSR count). The first-order chi connectivity index (χ1) is 8.59. The van der Waals surface area contributed by atoms with E-state index < -0.39 is 5.97 Å². The normalized spacial score (nSPS) is 10.1. The molecule has 6 heteroatoms. The largest absolute Gasteiger partial charge is 0.481 e. The van der Waals surface area contributed by atoms with Gasteiger partial charge in [0.1, 0.15) is 5.69 Å². The van der Waals surface area contributed by atoms with Gasteiger partial charge in [-0.25, -0.2) is 0 Å². The van der Waals surface area contributed by atoms with Crippen LogP contribution in [-0.4, -0.2) is 28.5 Å². The van der Waals surface area contributed by atoms with Crippen LogP contribution in [0.5, 0.6) is 0 Å². The van der Waals surface area contributed by atoms with Gasteiger partial charge in [0.2, 0.25) is 0 Å². The lowest BCUT2D eigenvalue weighted by molar-refractivity contribution is -0.137. The van der Waals surface area contributed by atoms with Crippen molar-refractivity contribution in [1.29, 1.82) is 0 Å². The number of nitrogens with zero attached hydrogens (tertiary/aromatic N) is 1. The van der Waals surface area contributed by atoms with Crippen LogP contribution in [0, 0.1) is 0 Å². The summed E-state index contributed by atoms with van der Waals surface area (Å²) in [5, 5.41) is 11.6. The molecule has 18 heavy (non-hydrogen) atoms. The van der Waals surface area contributed by atoms with Crippen molar-refractivity contribution in [3.63, 3.8) is 0 Å². The van der Waals surface area contributed by atoms with Gasteiger partial charge in [0, 0.05) is 24.2 Å². The summed E-state index contributed by atoms with van der Waals surface area (Å²) in [6.07, 6.45) is 3.80. The van der Waals surface area contributed by atoms with E-state index in [1.807, 2.05) is 0 Å². The zero-order valence-corrected chi connectivity index (χ0v) is 10.6. The van der Waals surface area contributed by atoms with Gasteiger partial charge in [0.05, 0.1) is 0 Å². The molecule has 0 atom stereocenters. The number of nitrogens with one attached hydrogen (secondary N) is 1. The number of pyridine rings is 1. The van der Waals surface area contributed by atoms with Crippen LogP contribution in [0.3, 0.4) is 0 Å². The third-order valence-corrected chi connectivity index (χ3v) is 2.54. The van der Waals surface area contributed by atoms with E-state index in [9.17, 15) is 9.59 Å². The second kappa shape index (κ2) is 7.66. The summed E-state index contributed by atoms with van der Waals surface area (Å²) >= 11 is 5.75. The summed E-state index contributed by atoms with van der Waals surface area (Å²) in [7, 11) is 0. The molecule has 0 radical (unpaired) electrons. The SMILES string of the molecule is O=C(O)CCCCCNC(=O)c1cc(Cl)ccn1. The van der Waals surface area contributed by atoms with Gasteiger partial charge in [-0.15, -0.1) is 0 Å². The summed E-state index contributed by atoms with van der Waals surface area (Å²) in [5.41, 5.74) is 0.285. The quantitative estimate of drug-likeness (QED) is 0.744. The number of halogens is 1. The standard InChI is InChI=1S/C12H15ClN2O3/c13-9-5-7-14-10(8-9)12(18)15-6-3-1-2-4-11(16)17/h5,7-8H,1-4,6H2,(H,15,18)(H,16,17). The van der Waals surface area contributed by atoms with Crippen molar-refractivity contribution in [1.82, 2.24) is 10.3 Å². The van der Waals surface area contributed by atoms with Crippen molar-refractivity contribution >= 4 is 23.5 Å². The first-order valence-electron chi connectivity index (χ1n) is 5.71. The van der Waals surface area contributed by atoms with E-state index in [2.05, 4.69) is 10.3 Å². The molecular formula is C12H15ClN2O3. The summed E-state index contributed by atoms with van der Waals surface area (Å²) in [6.45, 7) is 0.507. The van der Waals surface area contributed by atoms with Crippen LogP contribution in [0.15, 0.2) is 18.3 Å². The minimum Gasteiger partial charge on any atom is -0.481 e. The Bertz CT molecular complexity index is 424. The molecule has 1 aromatic heterocycles. The van der Waals surface area contributed by atoms with Crippen LogP contribution in [0.4, 0.5) is 0 Å². The number of carboxylic acids is 1. The molecule has 0 unspecified atom stereocenters. The number of aromatic nitrogens is 1. The number of hydrogen-bond acceptors (Lipinski definition) is 3. The Morgan fingerprint density at radius 1 is 1.33 bits per heavy atom. The second-order valence-corrected chi connectivity index (χ2v) is 4.26. The molecule has 1 amide bonds. The van der Waals surface area contributed by atoms with Crippen LogP contribution < -0.4 is 5.32 Å². The Balaban J connectivity index is 2.20. The van der Waals surface area contributed by atoms with Gasteiger partial charge in [-0.05, 0) is 25.0 Å². The molecule has 0 bridgehead atoms. The Kier molecular flexibility index (Phi) is 6.14. The van der Waals surface area contributed by atoms with E-state index in [0.717, 1.165) is 12.8 Å². The summed E-state index contributed by atoms with van der Waals surface area (Å²) in [6, 6.07) is 3.10. The minimum atomic E-state index is -0.790. The highest BCUT2D eigenvalue weighted by Gasteiger charge is 2.06. The average molecular weight is 271 g/mol. The minimum absolute atomic E-state index is 0.170. The Morgan fingerprint density at radius 2 is 2.11 bits per heavy atom. The predicted octanol–water partition coefficient (Wildman–Crippen LogP) is 2.11. The Hall–Kier alpha value is -1.62. The van der Waals surface area contributed by atoms with Crippen molar-refractivity contribution in [2.24, 2.45) is 0 Å². The third kappa shape index (κ3) is 5.63. The fraction of sp³-hybridized carbons (Fsp3) is 0.417. The molecule has 0 saturated carbocycles. The monoisotopic (exact) mass is 270 g/mol. The molecule has 98 valence electrons. The molecule has 0 aromatic carbocycles. The van der Waals surface area contributed by atoms with Gasteiger partial charge in [0.25, 0.3) is 5.91 Å². The van der Waals surface area contributed by atoms with Crippen LogP contribution in [0.25, 0.3) is 0 Å². The van der Waals surface area contributed by atoms with Gasteiger partial charge in [-0.2, -0.15) is 0 Å². The van der Waals surface area contributed by atoms with Crippen LogP contribution in [0.1, 0.15) is 36.2 Å². The molecule has 0 aliphatic heterocycles. The molecule has 0 aliphatic rings. The average Bonchev–Trinajstić information content (AvgIpc) is 2.33. The van der Waals surface area contributed by atoms with E-state index in [1.54, 1.807) is 6.07 Å². The van der Waals surface area contributed by atoms with Gasteiger partial charge < -0.3 is 10.4 Å². The van der Waals surface area contributed by atoms with Crippen molar-refractivity contribution in [2.45, 2.75) is 25.7 Å². The number of carbonyl (C=O) groups excluding carboxylic acids is 1. The lowest BCUT2D eigenvalue weighted by atomic mass is 10.2. The topological polar surface area (TPSA) is 79.3 Å². The van der Waals surface area contributed by atoms with Gasteiger partial charge >= 0.3 is 5.97 Å². The van der Waals surface area contributed by atoms with Gasteiger partial charge in [0.15, 0.2) is 0 Å². The first-order valence-corrected chi connectivity index (χ1v) is 6.09. The molecule has 0 saturated heterocycles. The highest BCUT2D eigenvalue weighted by Crippen LogP contribution is 2.07. The zero-order valence-electron chi connectivity index (χ0n) is 9.86. The number of amides is 1. The number of carboxylic acid groups (broad SMARTS) is 1. The maximum absolute atomic E-state index is 11.6. The predicted molar refractivity (Wildman–Crippen MR) is 67.7 cm³/mol. The van der Waals surface area contributed by atoms with E-state index >= 15 is 0 Å². The molecule has 0 spiro atoms. The molecule has 5 nitrogen and oxygen atoms in total. The maximum Gasteiger partial charge on any atom is 0.303 e. The van der Waals surface area contributed by atoms with Crippen molar-refractivity contribution < 1.29 is 14.7 Å². The molecule has 0 aliphatic carbocycles. The van der Waals surface area contributed by atoms with E-state index in [4.69, 9.17) is 16.7 Å².